The molecule has 0 aliphatic rings. The van der Waals surface area contributed by atoms with E-state index in [9.17, 15) is 4.79 Å². The predicted molar refractivity (Wildman–Crippen MR) is 54.2 cm³/mol. The SMILES string of the molecule is CC(C)CC=NC(=O)OC(C)(C)C. The van der Waals surface area contributed by atoms with Gasteiger partial charge in [-0.3, -0.25) is 0 Å². The maximum atomic E-state index is 11.0. The van der Waals surface area contributed by atoms with Crippen molar-refractivity contribution in [2.45, 2.75) is 46.6 Å². The summed E-state index contributed by atoms with van der Waals surface area (Å²) in [6.07, 6.45) is 1.91. The highest BCUT2D eigenvalue weighted by atomic mass is 16.6. The van der Waals surface area contributed by atoms with E-state index in [1.54, 1.807) is 6.21 Å². The van der Waals surface area contributed by atoms with E-state index in [1.807, 2.05) is 20.8 Å². The van der Waals surface area contributed by atoms with Crippen molar-refractivity contribution < 1.29 is 9.53 Å². The second-order valence-electron chi connectivity index (χ2n) is 4.42. The van der Waals surface area contributed by atoms with Crippen LogP contribution in [0.3, 0.4) is 0 Å². The van der Waals surface area contributed by atoms with Crippen molar-refractivity contribution in [2.75, 3.05) is 0 Å². The number of carbonyl (C=O) groups excluding carboxylic acids is 1. The van der Waals surface area contributed by atoms with Crippen molar-refractivity contribution in [3.05, 3.63) is 0 Å². The average molecular weight is 185 g/mol. The van der Waals surface area contributed by atoms with Gasteiger partial charge in [-0.1, -0.05) is 13.8 Å². The lowest BCUT2D eigenvalue weighted by atomic mass is 10.2. The Hall–Kier alpha value is -0.860. The van der Waals surface area contributed by atoms with Crippen LogP contribution in [0.4, 0.5) is 4.79 Å². The first-order valence-corrected chi connectivity index (χ1v) is 4.57. The number of amides is 1. The first-order valence-electron chi connectivity index (χ1n) is 4.57. The Morgan fingerprint density at radius 1 is 1.46 bits per heavy atom. The Kier molecular flexibility index (Phi) is 4.67. The van der Waals surface area contributed by atoms with E-state index in [2.05, 4.69) is 18.8 Å². The largest absolute Gasteiger partial charge is 0.442 e. The Balaban J connectivity index is 3.81. The van der Waals surface area contributed by atoms with E-state index in [0.29, 0.717) is 5.92 Å². The second kappa shape index (κ2) is 5.00. The minimum Gasteiger partial charge on any atom is -0.442 e. The van der Waals surface area contributed by atoms with E-state index in [4.69, 9.17) is 4.74 Å². The van der Waals surface area contributed by atoms with Crippen molar-refractivity contribution in [3.63, 3.8) is 0 Å². The van der Waals surface area contributed by atoms with Crippen LogP contribution in [0.25, 0.3) is 0 Å². The molecular formula is C10H19NO2. The third-order valence-corrected chi connectivity index (χ3v) is 1.17. The first-order chi connectivity index (χ1) is 5.81. The molecule has 0 atom stereocenters. The molecule has 0 spiro atoms. The maximum Gasteiger partial charge on any atom is 0.433 e. The summed E-state index contributed by atoms with van der Waals surface area (Å²) in [6, 6.07) is 0. The lowest BCUT2D eigenvalue weighted by molar-refractivity contribution is 0.0605. The highest BCUT2D eigenvalue weighted by molar-refractivity contribution is 5.79. The van der Waals surface area contributed by atoms with Crippen LogP contribution in [0.15, 0.2) is 4.99 Å². The van der Waals surface area contributed by atoms with Gasteiger partial charge in [-0.05, 0) is 33.1 Å². The highest BCUT2D eigenvalue weighted by Crippen LogP contribution is 2.07. The van der Waals surface area contributed by atoms with E-state index < -0.39 is 11.7 Å². The molecule has 0 aromatic carbocycles. The fraction of sp³-hybridized carbons (Fsp3) is 0.800. The fourth-order valence-electron chi connectivity index (χ4n) is 0.626. The van der Waals surface area contributed by atoms with Crippen LogP contribution in [0.2, 0.25) is 0 Å². The average Bonchev–Trinajstić information content (AvgIpc) is 1.81. The zero-order valence-electron chi connectivity index (χ0n) is 9.13. The molecule has 3 nitrogen and oxygen atoms in total. The molecular weight excluding hydrogens is 166 g/mol. The number of aliphatic imine (C=N–C) groups is 1. The van der Waals surface area contributed by atoms with Gasteiger partial charge in [0, 0.05) is 6.21 Å². The van der Waals surface area contributed by atoms with E-state index >= 15 is 0 Å². The van der Waals surface area contributed by atoms with Crippen molar-refractivity contribution in [3.8, 4) is 0 Å². The molecule has 0 saturated heterocycles. The number of nitrogens with zero attached hydrogens (tertiary/aromatic N) is 1. The molecule has 0 unspecified atom stereocenters. The Bertz CT molecular complexity index is 190. The molecule has 0 N–H and O–H groups in total. The molecule has 0 bridgehead atoms. The van der Waals surface area contributed by atoms with Crippen LogP contribution in [0.1, 0.15) is 41.0 Å². The molecule has 0 aromatic heterocycles. The van der Waals surface area contributed by atoms with Crippen LogP contribution in [-0.4, -0.2) is 17.9 Å². The van der Waals surface area contributed by atoms with Crippen LogP contribution >= 0.6 is 0 Å². The van der Waals surface area contributed by atoms with Crippen molar-refractivity contribution in [1.29, 1.82) is 0 Å². The topological polar surface area (TPSA) is 38.7 Å². The molecule has 0 rings (SSSR count). The van der Waals surface area contributed by atoms with Crippen LogP contribution in [0.5, 0.6) is 0 Å². The minimum atomic E-state index is -0.506. The summed E-state index contributed by atoms with van der Waals surface area (Å²) in [5, 5.41) is 0. The lowest BCUT2D eigenvalue weighted by Crippen LogP contribution is -2.21. The number of ether oxygens (including phenoxy) is 1. The van der Waals surface area contributed by atoms with Crippen LogP contribution < -0.4 is 0 Å². The summed E-state index contributed by atoms with van der Waals surface area (Å²) in [5.41, 5.74) is -0.452. The molecule has 0 fully saturated rings. The number of rotatable bonds is 2. The highest BCUT2D eigenvalue weighted by Gasteiger charge is 2.14. The monoisotopic (exact) mass is 185 g/mol. The standard InChI is InChI=1S/C10H19NO2/c1-8(2)6-7-11-9(12)13-10(3,4)5/h7-8H,6H2,1-5H3. The molecule has 0 aliphatic heterocycles. The van der Waals surface area contributed by atoms with Crippen molar-refractivity contribution in [2.24, 2.45) is 10.9 Å². The second-order valence-corrected chi connectivity index (χ2v) is 4.42. The minimum absolute atomic E-state index is 0.452. The van der Waals surface area contributed by atoms with Gasteiger partial charge in [0.1, 0.15) is 5.60 Å². The lowest BCUT2D eigenvalue weighted by Gasteiger charge is -2.17. The molecule has 0 radical (unpaired) electrons. The van der Waals surface area contributed by atoms with Gasteiger partial charge in [-0.2, -0.15) is 4.99 Å². The summed E-state index contributed by atoms with van der Waals surface area (Å²) in [6.45, 7) is 9.61. The van der Waals surface area contributed by atoms with E-state index in [1.165, 1.54) is 0 Å². The molecule has 3 heteroatoms. The Labute approximate surface area is 80.2 Å². The van der Waals surface area contributed by atoms with E-state index in [-0.39, 0.29) is 0 Å². The van der Waals surface area contributed by atoms with Crippen molar-refractivity contribution >= 4 is 12.3 Å². The quantitative estimate of drug-likeness (QED) is 0.620. The normalized spacial score (nSPS) is 12.5. The summed E-state index contributed by atoms with van der Waals surface area (Å²) in [7, 11) is 0. The summed E-state index contributed by atoms with van der Waals surface area (Å²) in [5.74, 6) is 0.520. The molecule has 1 amide bonds. The zero-order valence-corrected chi connectivity index (χ0v) is 9.13. The van der Waals surface area contributed by atoms with Gasteiger partial charge in [-0.25, -0.2) is 4.79 Å². The number of hydrogen-bond donors (Lipinski definition) is 0. The van der Waals surface area contributed by atoms with Gasteiger partial charge in [0.25, 0.3) is 0 Å². The number of hydrogen-bond acceptors (Lipinski definition) is 2. The van der Waals surface area contributed by atoms with Gasteiger partial charge in [0.15, 0.2) is 0 Å². The molecule has 0 heterocycles. The van der Waals surface area contributed by atoms with Gasteiger partial charge in [-0.15, -0.1) is 0 Å². The van der Waals surface area contributed by atoms with Gasteiger partial charge in [0.2, 0.25) is 0 Å². The Morgan fingerprint density at radius 2 is 2.00 bits per heavy atom. The molecule has 76 valence electrons. The van der Waals surface area contributed by atoms with Gasteiger partial charge in [0.05, 0.1) is 0 Å². The van der Waals surface area contributed by atoms with E-state index in [0.717, 1.165) is 6.42 Å². The molecule has 13 heavy (non-hydrogen) atoms. The Morgan fingerprint density at radius 3 is 2.38 bits per heavy atom. The molecule has 0 saturated carbocycles. The molecule has 0 aromatic rings. The predicted octanol–water partition coefficient (Wildman–Crippen LogP) is 3.04. The van der Waals surface area contributed by atoms with Crippen LogP contribution in [-0.2, 0) is 4.74 Å². The smallest absolute Gasteiger partial charge is 0.433 e. The van der Waals surface area contributed by atoms with Crippen molar-refractivity contribution in [1.82, 2.24) is 0 Å². The van der Waals surface area contributed by atoms with Gasteiger partial charge < -0.3 is 4.74 Å². The summed E-state index contributed by atoms with van der Waals surface area (Å²) >= 11 is 0. The summed E-state index contributed by atoms with van der Waals surface area (Å²) in [4.78, 5) is 14.7. The third kappa shape index (κ3) is 9.05. The third-order valence-electron chi connectivity index (χ3n) is 1.17. The zero-order chi connectivity index (χ0) is 10.5. The number of carbonyl (C=O) groups is 1. The maximum absolute atomic E-state index is 11.0. The fourth-order valence-corrected chi connectivity index (χ4v) is 0.626. The van der Waals surface area contributed by atoms with Gasteiger partial charge >= 0.3 is 6.09 Å². The summed E-state index contributed by atoms with van der Waals surface area (Å²) < 4.78 is 4.98. The van der Waals surface area contributed by atoms with Crippen LogP contribution in [0, 0.1) is 5.92 Å². The first kappa shape index (κ1) is 12.1. The molecule has 0 aliphatic carbocycles.